The molecule has 0 aliphatic carbocycles. The van der Waals surface area contributed by atoms with E-state index in [9.17, 15) is 35.0 Å². The second-order valence-corrected chi connectivity index (χ2v) is 12.9. The molecule has 0 radical (unpaired) electrons. The highest BCUT2D eigenvalue weighted by atomic mass is 32.5. The van der Waals surface area contributed by atoms with Crippen molar-refractivity contribution in [2.24, 2.45) is 5.73 Å². The molecule has 11 N–H and O–H groups in total. The Morgan fingerprint density at radius 1 is 1.24 bits per heavy atom. The molecule has 0 spiro atoms. The zero-order valence-corrected chi connectivity index (χ0v) is 23.3. The van der Waals surface area contributed by atoms with Crippen LogP contribution in [0.5, 0.6) is 0 Å². The predicted molar refractivity (Wildman–Crippen MR) is 137 cm³/mol. The Bertz CT molecular complexity index is 1370. The summed E-state index contributed by atoms with van der Waals surface area (Å²) in [5.74, 6) is 2.35. The molecule has 4 rings (SSSR count). The highest BCUT2D eigenvalue weighted by Crippen LogP contribution is 2.54. The van der Waals surface area contributed by atoms with Crippen LogP contribution in [0.1, 0.15) is 6.23 Å². The maximum atomic E-state index is 12.4. The minimum Gasteiger partial charge on any atom is -0.394 e. The fourth-order valence-electron chi connectivity index (χ4n) is 4.19. The van der Waals surface area contributed by atoms with Gasteiger partial charge in [-0.3, -0.25) is 4.57 Å². The van der Waals surface area contributed by atoms with Gasteiger partial charge in [0.25, 0.3) is 0 Å². The second kappa shape index (κ2) is 12.4. The maximum absolute atomic E-state index is 12.4. The first-order chi connectivity index (χ1) is 19.2. The molecule has 2 aliphatic heterocycles. The summed E-state index contributed by atoms with van der Waals surface area (Å²) in [7, 11) is -3.41. The van der Waals surface area contributed by atoms with Gasteiger partial charge in [-0.05, 0) is 16.1 Å². The Morgan fingerprint density at radius 2 is 1.95 bits per heavy atom. The summed E-state index contributed by atoms with van der Waals surface area (Å²) in [6.45, 7) is -5.97. The van der Waals surface area contributed by atoms with Crippen LogP contribution >= 0.6 is 15.0 Å². The first-order valence-corrected chi connectivity index (χ1v) is 15.3. The molecule has 0 saturated carbocycles. The van der Waals surface area contributed by atoms with E-state index >= 15 is 0 Å². The lowest BCUT2D eigenvalue weighted by atomic mass is 9.92. The lowest BCUT2D eigenvalue weighted by molar-refractivity contribution is -0.290. The number of nitrogens with zero attached hydrogens (tertiary/aromatic N) is 4. The number of fused-ring (bicyclic) bond motifs is 1. The van der Waals surface area contributed by atoms with Gasteiger partial charge < -0.3 is 61.0 Å². The average Bonchev–Trinajstić information content (AvgIpc) is 3.46. The molecule has 2 aromatic rings. The zero-order valence-electron chi connectivity index (χ0n) is 20.7. The first-order valence-electron chi connectivity index (χ1n) is 11.6. The van der Waals surface area contributed by atoms with Gasteiger partial charge in [0.15, 0.2) is 23.2 Å². The lowest BCUT2D eigenvalue weighted by Crippen LogP contribution is -2.61. The first kappa shape index (κ1) is 32.1. The smallest absolute Gasteiger partial charge is 0.394 e. The predicted octanol–water partition coefficient (Wildman–Crippen LogP) is -3.92. The van der Waals surface area contributed by atoms with Gasteiger partial charge in [0.1, 0.15) is 54.6 Å². The molecule has 12 atom stereocenters. The monoisotopic (exact) mass is 641 g/mol. The van der Waals surface area contributed by atoms with Gasteiger partial charge in [0.2, 0.25) is 6.29 Å². The molecule has 7 unspecified atom stereocenters. The van der Waals surface area contributed by atoms with Crippen molar-refractivity contribution in [1.29, 1.82) is 0 Å². The van der Waals surface area contributed by atoms with Gasteiger partial charge in [-0.2, -0.15) is 0 Å². The number of terminal acetylenes is 1. The Morgan fingerprint density at radius 3 is 2.61 bits per heavy atom. The summed E-state index contributed by atoms with van der Waals surface area (Å²) < 4.78 is 39.4. The molecule has 2 aliphatic rings. The van der Waals surface area contributed by atoms with E-state index in [1.807, 2.05) is 0 Å². The molecule has 19 nitrogen and oxygen atoms in total. The minimum atomic E-state index is -4.41. The van der Waals surface area contributed by atoms with Crippen molar-refractivity contribution in [2.45, 2.75) is 60.8 Å². The van der Waals surface area contributed by atoms with E-state index in [1.165, 1.54) is 17.2 Å². The summed E-state index contributed by atoms with van der Waals surface area (Å²) in [6, 6.07) is 0. The van der Waals surface area contributed by atoms with E-state index in [1.54, 1.807) is 0 Å². The summed E-state index contributed by atoms with van der Waals surface area (Å²) in [4.78, 5) is 22.4. The molecule has 2 aromatic heterocycles. The van der Waals surface area contributed by atoms with Gasteiger partial charge in [0, 0.05) is 4.57 Å². The number of hydrogen-bond acceptors (Lipinski definition) is 18. The molecule has 2 saturated heterocycles. The Hall–Kier alpha value is -1.86. The van der Waals surface area contributed by atoms with Crippen molar-refractivity contribution >= 4 is 43.8 Å². The van der Waals surface area contributed by atoms with E-state index in [4.69, 9.17) is 57.6 Å². The Balaban J connectivity index is 1.40. The standard InChI is InChI=1S/C19H26N6O13P2S/c1-2-19(21)14(31)8(35-18(19)25-6-24-9-15(20)22-5-23-16(9)25)4-34-40(33,41)38-39(32)37-17-12(30)10(28)11(29)13(36-17)7(27)3-26/h1,5-8,10-14,17-18,26-31H,3-4,21H2,(H2-,20,22,23,33,41)/p+1/t7-,8+,10?,11?,12?,13?,14+,17?,18+,19+,40?/m0/s1. The lowest BCUT2D eigenvalue weighted by Gasteiger charge is -2.39. The molecule has 41 heavy (non-hydrogen) atoms. The van der Waals surface area contributed by atoms with E-state index in [0.717, 1.165) is 0 Å². The summed E-state index contributed by atoms with van der Waals surface area (Å²) in [6.07, 6.45) is -7.13. The molecule has 22 heteroatoms. The Labute approximate surface area is 236 Å². The molecule has 2 fully saturated rings. The molecule has 0 amide bonds. The van der Waals surface area contributed by atoms with E-state index in [2.05, 4.69) is 20.9 Å². The molecule has 0 bridgehead atoms. The SMILES string of the molecule is C#C[C@@]1(N)[C@H](O)[C@@H](COP(O)(=S)O[P+](=O)OC2OC([C@@H](O)CO)C(O)C(O)C2O)O[C@H]1n1cnc2c(N)ncnc21. The number of aliphatic hydroxyl groups is 6. The summed E-state index contributed by atoms with van der Waals surface area (Å²) in [5.41, 5.74) is 10.6. The van der Waals surface area contributed by atoms with Crippen LogP contribution in [0.3, 0.4) is 0 Å². The van der Waals surface area contributed by atoms with Crippen LogP contribution in [-0.2, 0) is 39.2 Å². The van der Waals surface area contributed by atoms with Crippen molar-refractivity contribution in [2.75, 3.05) is 18.9 Å². The molecule has 0 aromatic carbocycles. The average molecular weight is 641 g/mol. The number of anilines is 1. The number of nitrogens with two attached hydrogens (primary N) is 2. The van der Waals surface area contributed by atoms with Crippen LogP contribution in [0.2, 0.25) is 0 Å². The Kier molecular flexibility index (Phi) is 9.70. The summed E-state index contributed by atoms with van der Waals surface area (Å²) in [5, 5.41) is 59.7. The van der Waals surface area contributed by atoms with Gasteiger partial charge in [-0.25, -0.2) is 15.0 Å². The normalized spacial score (nSPS) is 36.5. The van der Waals surface area contributed by atoms with Crippen molar-refractivity contribution in [1.82, 2.24) is 19.5 Å². The second-order valence-electron chi connectivity index (χ2n) is 9.00. The fraction of sp³-hybridized carbons (Fsp3) is 0.632. The van der Waals surface area contributed by atoms with E-state index in [-0.39, 0.29) is 17.0 Å². The molecule has 226 valence electrons. The number of rotatable bonds is 10. The number of hydrogen-bond donors (Lipinski definition) is 9. The molecule has 4 heterocycles. The number of aliphatic hydroxyl groups excluding tert-OH is 6. The third-order valence-electron chi connectivity index (χ3n) is 6.38. The molecular formula is C19H27N6O13P2S+. The van der Waals surface area contributed by atoms with Crippen molar-refractivity contribution in [3.63, 3.8) is 0 Å². The van der Waals surface area contributed by atoms with Crippen molar-refractivity contribution < 1.29 is 62.9 Å². The van der Waals surface area contributed by atoms with Crippen LogP contribution < -0.4 is 11.5 Å². The minimum absolute atomic E-state index is 0.0712. The van der Waals surface area contributed by atoms with Gasteiger partial charge in [-0.15, -0.1) is 6.42 Å². The van der Waals surface area contributed by atoms with Crippen molar-refractivity contribution in [3.05, 3.63) is 12.7 Å². The number of ether oxygens (including phenoxy) is 2. The maximum Gasteiger partial charge on any atom is 0.709 e. The van der Waals surface area contributed by atoms with Crippen LogP contribution in [0, 0.1) is 12.3 Å². The van der Waals surface area contributed by atoms with Crippen LogP contribution in [0.25, 0.3) is 11.2 Å². The van der Waals surface area contributed by atoms with Crippen LogP contribution in [0.15, 0.2) is 12.7 Å². The van der Waals surface area contributed by atoms with Gasteiger partial charge in [0.05, 0.1) is 19.5 Å². The fourth-order valence-corrected chi connectivity index (χ4v) is 6.56. The topological polar surface area (TPSA) is 300 Å². The van der Waals surface area contributed by atoms with E-state index in [0.29, 0.717) is 0 Å². The molecular weight excluding hydrogens is 614 g/mol. The highest BCUT2D eigenvalue weighted by molar-refractivity contribution is 8.08. The number of nitrogen functional groups attached to an aromatic ring is 1. The third-order valence-corrected chi connectivity index (χ3v) is 9.51. The number of imidazole rings is 1. The highest BCUT2D eigenvalue weighted by Gasteiger charge is 2.55. The van der Waals surface area contributed by atoms with Gasteiger partial charge >= 0.3 is 15.0 Å². The zero-order chi connectivity index (χ0) is 30.3. The van der Waals surface area contributed by atoms with E-state index < -0.39 is 89.0 Å². The third kappa shape index (κ3) is 6.27. The van der Waals surface area contributed by atoms with Gasteiger partial charge in [-0.1, -0.05) is 10.4 Å². The quantitative estimate of drug-likeness (QED) is 0.0884. The van der Waals surface area contributed by atoms with Crippen LogP contribution in [-0.4, -0.2) is 123 Å². The van der Waals surface area contributed by atoms with Crippen molar-refractivity contribution in [3.8, 4) is 12.3 Å². The van der Waals surface area contributed by atoms with Crippen LogP contribution in [0.4, 0.5) is 5.82 Å². The summed E-state index contributed by atoms with van der Waals surface area (Å²) >= 11 is 4.83. The largest absolute Gasteiger partial charge is 0.709 e. The number of aromatic nitrogens is 4.